The van der Waals surface area contributed by atoms with E-state index in [1.165, 1.54) is 0 Å². The Morgan fingerprint density at radius 2 is 2.14 bits per heavy atom. The molecule has 0 radical (unpaired) electrons. The minimum Gasteiger partial charge on any atom is -0.444 e. The lowest BCUT2D eigenvalue weighted by Gasteiger charge is -2.36. The van der Waals surface area contributed by atoms with E-state index in [9.17, 15) is 4.79 Å². The Labute approximate surface area is 85.2 Å². The number of carbonyl (C=O) groups excluding carboxylic acids is 1. The predicted octanol–water partition coefficient (Wildman–Crippen LogP) is 1.25. The molecule has 14 heavy (non-hydrogen) atoms. The molecule has 3 N–H and O–H groups in total. The third kappa shape index (κ3) is 3.18. The Kier molecular flexibility index (Phi) is 3.37. The highest BCUT2D eigenvalue weighted by molar-refractivity contribution is 5.68. The van der Waals surface area contributed by atoms with Gasteiger partial charge in [0.05, 0.1) is 0 Å². The molecule has 1 aliphatic rings. The summed E-state index contributed by atoms with van der Waals surface area (Å²) in [6.07, 6.45) is 1.79. The Hall–Kier alpha value is -0.770. The van der Waals surface area contributed by atoms with E-state index in [0.29, 0.717) is 12.5 Å². The van der Waals surface area contributed by atoms with Gasteiger partial charge < -0.3 is 15.8 Å². The van der Waals surface area contributed by atoms with Crippen molar-refractivity contribution in [3.05, 3.63) is 0 Å². The van der Waals surface area contributed by atoms with Crippen molar-refractivity contribution < 1.29 is 9.53 Å². The molecule has 4 nitrogen and oxygen atoms in total. The standard InChI is InChI=1S/C10H20N2O2/c1-10(2,3)14-9(13)12-8-5-4-7(8)6-11/h7-8H,4-6,11H2,1-3H3,(H,12,13)/t7-,8-/m0/s1. The molecule has 82 valence electrons. The van der Waals surface area contributed by atoms with Gasteiger partial charge in [0, 0.05) is 6.04 Å². The molecule has 2 atom stereocenters. The molecule has 0 aromatic heterocycles. The molecule has 0 aliphatic heterocycles. The molecule has 1 saturated carbocycles. The van der Waals surface area contributed by atoms with Gasteiger partial charge in [0.2, 0.25) is 0 Å². The van der Waals surface area contributed by atoms with E-state index in [1.54, 1.807) is 0 Å². The molecular weight excluding hydrogens is 180 g/mol. The van der Waals surface area contributed by atoms with Crippen molar-refractivity contribution in [2.45, 2.75) is 45.3 Å². The van der Waals surface area contributed by atoms with Crippen LogP contribution in [-0.2, 0) is 4.74 Å². The van der Waals surface area contributed by atoms with Crippen molar-refractivity contribution in [2.75, 3.05) is 6.54 Å². The van der Waals surface area contributed by atoms with Crippen molar-refractivity contribution in [2.24, 2.45) is 11.7 Å². The summed E-state index contributed by atoms with van der Waals surface area (Å²) in [4.78, 5) is 11.3. The van der Waals surface area contributed by atoms with E-state index in [1.807, 2.05) is 20.8 Å². The largest absolute Gasteiger partial charge is 0.444 e. The van der Waals surface area contributed by atoms with Crippen LogP contribution >= 0.6 is 0 Å². The second-order valence-corrected chi connectivity index (χ2v) is 4.83. The van der Waals surface area contributed by atoms with Crippen molar-refractivity contribution in [3.8, 4) is 0 Å². The van der Waals surface area contributed by atoms with Crippen molar-refractivity contribution in [1.82, 2.24) is 5.32 Å². The zero-order chi connectivity index (χ0) is 10.8. The third-order valence-electron chi connectivity index (χ3n) is 2.42. The lowest BCUT2D eigenvalue weighted by Crippen LogP contribution is -2.50. The van der Waals surface area contributed by atoms with Crippen molar-refractivity contribution in [3.63, 3.8) is 0 Å². The molecule has 0 saturated heterocycles. The minimum atomic E-state index is -0.425. The number of hydrogen-bond donors (Lipinski definition) is 2. The third-order valence-corrected chi connectivity index (χ3v) is 2.42. The first-order valence-electron chi connectivity index (χ1n) is 5.12. The van der Waals surface area contributed by atoms with Crippen LogP contribution in [0.4, 0.5) is 4.79 Å². The normalized spacial score (nSPS) is 26.6. The average molecular weight is 200 g/mol. The maximum Gasteiger partial charge on any atom is 0.407 e. The molecule has 1 amide bonds. The van der Waals surface area contributed by atoms with Crippen LogP contribution in [-0.4, -0.2) is 24.3 Å². The van der Waals surface area contributed by atoms with Crippen LogP contribution in [0.3, 0.4) is 0 Å². The number of amides is 1. The number of nitrogens with two attached hydrogens (primary N) is 1. The fourth-order valence-electron chi connectivity index (χ4n) is 1.50. The predicted molar refractivity (Wildman–Crippen MR) is 54.9 cm³/mol. The van der Waals surface area contributed by atoms with Crippen LogP contribution in [0, 0.1) is 5.92 Å². The topological polar surface area (TPSA) is 64.3 Å². The summed E-state index contributed by atoms with van der Waals surface area (Å²) < 4.78 is 5.15. The maximum atomic E-state index is 11.3. The van der Waals surface area contributed by atoms with Gasteiger partial charge in [0.25, 0.3) is 0 Å². The van der Waals surface area contributed by atoms with E-state index in [0.717, 1.165) is 12.8 Å². The van der Waals surface area contributed by atoms with Gasteiger partial charge in [-0.25, -0.2) is 4.79 Å². The fraction of sp³-hybridized carbons (Fsp3) is 0.900. The van der Waals surface area contributed by atoms with E-state index >= 15 is 0 Å². The Morgan fingerprint density at radius 3 is 2.50 bits per heavy atom. The Morgan fingerprint density at radius 1 is 1.50 bits per heavy atom. The number of alkyl carbamates (subject to hydrolysis) is 1. The highest BCUT2D eigenvalue weighted by Crippen LogP contribution is 2.26. The monoisotopic (exact) mass is 200 g/mol. The Bertz CT molecular complexity index is 209. The lowest BCUT2D eigenvalue weighted by molar-refractivity contribution is 0.0441. The summed E-state index contributed by atoms with van der Waals surface area (Å²) in [5.41, 5.74) is 5.11. The van der Waals surface area contributed by atoms with Gasteiger partial charge in [-0.3, -0.25) is 0 Å². The number of nitrogens with one attached hydrogen (secondary N) is 1. The zero-order valence-electron chi connectivity index (χ0n) is 9.17. The molecule has 0 aromatic carbocycles. The molecule has 0 heterocycles. The first-order valence-corrected chi connectivity index (χ1v) is 5.12. The van der Waals surface area contributed by atoms with Crippen LogP contribution in [0.15, 0.2) is 0 Å². The van der Waals surface area contributed by atoms with Gasteiger partial charge in [0.1, 0.15) is 5.60 Å². The van der Waals surface area contributed by atoms with Gasteiger partial charge in [0.15, 0.2) is 0 Å². The minimum absolute atomic E-state index is 0.217. The molecular formula is C10H20N2O2. The average Bonchev–Trinajstić information content (AvgIpc) is 1.96. The molecule has 0 aromatic rings. The molecule has 4 heteroatoms. The zero-order valence-corrected chi connectivity index (χ0v) is 9.17. The molecule has 0 bridgehead atoms. The van der Waals surface area contributed by atoms with Gasteiger partial charge in [-0.2, -0.15) is 0 Å². The number of rotatable bonds is 2. The fourth-order valence-corrected chi connectivity index (χ4v) is 1.50. The molecule has 1 rings (SSSR count). The molecule has 0 spiro atoms. The summed E-state index contributed by atoms with van der Waals surface area (Å²) >= 11 is 0. The number of carbonyl (C=O) groups is 1. The van der Waals surface area contributed by atoms with Crippen molar-refractivity contribution in [1.29, 1.82) is 0 Å². The quantitative estimate of drug-likeness (QED) is 0.705. The van der Waals surface area contributed by atoms with Gasteiger partial charge >= 0.3 is 6.09 Å². The van der Waals surface area contributed by atoms with Crippen LogP contribution in [0.2, 0.25) is 0 Å². The molecule has 1 aliphatic carbocycles. The summed E-state index contributed by atoms with van der Waals surface area (Å²) in [6.45, 7) is 6.20. The van der Waals surface area contributed by atoms with Gasteiger partial charge in [-0.05, 0) is 46.1 Å². The summed E-state index contributed by atoms with van der Waals surface area (Å²) in [6, 6.07) is 0.217. The van der Waals surface area contributed by atoms with E-state index in [4.69, 9.17) is 10.5 Å². The summed E-state index contributed by atoms with van der Waals surface area (Å²) in [5.74, 6) is 0.433. The number of ether oxygens (including phenoxy) is 1. The number of hydrogen-bond acceptors (Lipinski definition) is 3. The first-order chi connectivity index (χ1) is 6.42. The summed E-state index contributed by atoms with van der Waals surface area (Å²) in [7, 11) is 0. The highest BCUT2D eigenvalue weighted by Gasteiger charge is 2.31. The van der Waals surface area contributed by atoms with E-state index < -0.39 is 5.60 Å². The van der Waals surface area contributed by atoms with Crippen LogP contribution in [0.25, 0.3) is 0 Å². The second kappa shape index (κ2) is 4.17. The molecule has 0 unspecified atom stereocenters. The smallest absolute Gasteiger partial charge is 0.407 e. The summed E-state index contributed by atoms with van der Waals surface area (Å²) in [5, 5.41) is 2.83. The van der Waals surface area contributed by atoms with Gasteiger partial charge in [-0.15, -0.1) is 0 Å². The van der Waals surface area contributed by atoms with Crippen LogP contribution in [0.1, 0.15) is 33.6 Å². The molecule has 1 fully saturated rings. The second-order valence-electron chi connectivity index (χ2n) is 4.83. The van der Waals surface area contributed by atoms with Crippen LogP contribution < -0.4 is 11.1 Å². The van der Waals surface area contributed by atoms with Gasteiger partial charge in [-0.1, -0.05) is 0 Å². The van der Waals surface area contributed by atoms with E-state index in [2.05, 4.69) is 5.32 Å². The maximum absolute atomic E-state index is 11.3. The van der Waals surface area contributed by atoms with Crippen molar-refractivity contribution >= 4 is 6.09 Å². The SMILES string of the molecule is CC(C)(C)OC(=O)N[C@H]1CC[C@H]1CN. The van der Waals surface area contributed by atoms with Crippen LogP contribution in [0.5, 0.6) is 0 Å². The van der Waals surface area contributed by atoms with E-state index in [-0.39, 0.29) is 12.1 Å². The Balaban J connectivity index is 2.27. The lowest BCUT2D eigenvalue weighted by atomic mass is 9.80. The first kappa shape index (κ1) is 11.3. The highest BCUT2D eigenvalue weighted by atomic mass is 16.6.